The molecule has 0 atom stereocenters. The van der Waals surface area contributed by atoms with Crippen molar-refractivity contribution in [2.75, 3.05) is 11.9 Å². The summed E-state index contributed by atoms with van der Waals surface area (Å²) in [5.74, 6) is 0.420. The number of benzene rings is 2. The Morgan fingerprint density at radius 2 is 1.92 bits per heavy atom. The number of anilines is 1. The predicted molar refractivity (Wildman–Crippen MR) is 100 cm³/mol. The first kappa shape index (κ1) is 18.3. The second-order valence-corrected chi connectivity index (χ2v) is 6.23. The second kappa shape index (κ2) is 9.33. The number of hydrogen-bond acceptors (Lipinski definition) is 2. The summed E-state index contributed by atoms with van der Waals surface area (Å²) in [7, 11) is 0. The summed E-state index contributed by atoms with van der Waals surface area (Å²) in [6.07, 6.45) is 4.54. The molecule has 0 aromatic heterocycles. The van der Waals surface area contributed by atoms with Crippen LogP contribution < -0.4 is 10.1 Å². The Morgan fingerprint density at radius 3 is 2.67 bits per heavy atom. The lowest BCUT2D eigenvalue weighted by molar-refractivity contribution is 0.102. The summed E-state index contributed by atoms with van der Waals surface area (Å²) in [5.41, 5.74) is 2.18. The van der Waals surface area contributed by atoms with Gasteiger partial charge in [-0.1, -0.05) is 56.0 Å². The van der Waals surface area contributed by atoms with Gasteiger partial charge >= 0.3 is 0 Å². The fourth-order valence-corrected chi connectivity index (χ4v) is 2.54. The first-order chi connectivity index (χ1) is 11.6. The van der Waals surface area contributed by atoms with E-state index in [1.54, 1.807) is 12.1 Å². The van der Waals surface area contributed by atoms with Gasteiger partial charge in [0.15, 0.2) is 0 Å². The molecule has 0 unspecified atom stereocenters. The predicted octanol–water partition coefficient (Wildman–Crippen LogP) is 5.86. The van der Waals surface area contributed by atoms with E-state index in [9.17, 15) is 4.79 Å². The van der Waals surface area contributed by atoms with Crippen LogP contribution >= 0.6 is 11.6 Å². The molecule has 1 N–H and O–H groups in total. The van der Waals surface area contributed by atoms with Crippen molar-refractivity contribution in [3.05, 3.63) is 58.6 Å². The summed E-state index contributed by atoms with van der Waals surface area (Å²) < 4.78 is 5.80. The zero-order chi connectivity index (χ0) is 17.4. The van der Waals surface area contributed by atoms with Crippen molar-refractivity contribution in [3.8, 4) is 5.75 Å². The molecule has 2 aromatic rings. The third-order valence-corrected chi connectivity index (χ3v) is 4.22. The number of rotatable bonds is 8. The minimum absolute atomic E-state index is 0.195. The van der Waals surface area contributed by atoms with Gasteiger partial charge in [0.25, 0.3) is 5.91 Å². The van der Waals surface area contributed by atoms with E-state index in [2.05, 4.69) is 12.2 Å². The van der Waals surface area contributed by atoms with Crippen molar-refractivity contribution in [1.29, 1.82) is 0 Å². The van der Waals surface area contributed by atoms with Gasteiger partial charge in [-0.25, -0.2) is 0 Å². The molecule has 0 fully saturated rings. The van der Waals surface area contributed by atoms with Crippen LogP contribution in [0.1, 0.15) is 48.5 Å². The van der Waals surface area contributed by atoms with Crippen molar-refractivity contribution in [2.45, 2.75) is 39.5 Å². The van der Waals surface area contributed by atoms with Crippen molar-refractivity contribution in [2.24, 2.45) is 0 Å². The number of ether oxygens (including phenoxy) is 1. The largest absolute Gasteiger partial charge is 0.493 e. The highest BCUT2D eigenvalue weighted by atomic mass is 35.5. The highest BCUT2D eigenvalue weighted by molar-refractivity contribution is 6.31. The van der Waals surface area contributed by atoms with Gasteiger partial charge in [0.1, 0.15) is 5.75 Å². The van der Waals surface area contributed by atoms with E-state index in [0.29, 0.717) is 28.6 Å². The summed E-state index contributed by atoms with van der Waals surface area (Å²) in [5, 5.41) is 3.51. The standard InChI is InChI=1S/C20H24ClNO2/c1-3-4-5-8-13-24-19-10-7-6-9-17(19)20(23)22-16-12-11-15(2)18(21)14-16/h6-7,9-12,14H,3-5,8,13H2,1-2H3,(H,22,23). The number of carbonyl (C=O) groups excluding carboxylic acids is 1. The van der Waals surface area contributed by atoms with Crippen molar-refractivity contribution >= 4 is 23.2 Å². The normalized spacial score (nSPS) is 10.5. The van der Waals surface area contributed by atoms with E-state index in [-0.39, 0.29) is 5.91 Å². The van der Waals surface area contributed by atoms with Gasteiger partial charge in [-0.15, -0.1) is 0 Å². The molecule has 3 nitrogen and oxygen atoms in total. The molecule has 128 valence electrons. The Morgan fingerprint density at radius 1 is 1.12 bits per heavy atom. The molecule has 0 aliphatic rings. The van der Waals surface area contributed by atoms with E-state index in [0.717, 1.165) is 18.4 Å². The number of halogens is 1. The number of para-hydroxylation sites is 1. The average molecular weight is 346 g/mol. The Kier molecular flexibility index (Phi) is 7.13. The molecule has 2 aromatic carbocycles. The van der Waals surface area contributed by atoms with Gasteiger partial charge < -0.3 is 10.1 Å². The topological polar surface area (TPSA) is 38.3 Å². The van der Waals surface area contributed by atoms with Gasteiger partial charge in [-0.3, -0.25) is 4.79 Å². The molecular weight excluding hydrogens is 322 g/mol. The number of nitrogens with one attached hydrogen (secondary N) is 1. The Labute approximate surface area is 149 Å². The van der Waals surface area contributed by atoms with Gasteiger partial charge in [0, 0.05) is 10.7 Å². The van der Waals surface area contributed by atoms with Gasteiger partial charge in [0.2, 0.25) is 0 Å². The monoisotopic (exact) mass is 345 g/mol. The lowest BCUT2D eigenvalue weighted by atomic mass is 10.1. The smallest absolute Gasteiger partial charge is 0.259 e. The zero-order valence-corrected chi connectivity index (χ0v) is 15.0. The van der Waals surface area contributed by atoms with Crippen molar-refractivity contribution < 1.29 is 9.53 Å². The van der Waals surface area contributed by atoms with Crippen LogP contribution in [-0.4, -0.2) is 12.5 Å². The molecule has 24 heavy (non-hydrogen) atoms. The van der Waals surface area contributed by atoms with E-state index in [4.69, 9.17) is 16.3 Å². The molecule has 0 heterocycles. The molecule has 0 aliphatic carbocycles. The van der Waals surface area contributed by atoms with Crippen molar-refractivity contribution in [3.63, 3.8) is 0 Å². The van der Waals surface area contributed by atoms with Gasteiger partial charge in [-0.2, -0.15) is 0 Å². The molecule has 0 aliphatic heterocycles. The van der Waals surface area contributed by atoms with E-state index >= 15 is 0 Å². The van der Waals surface area contributed by atoms with Crippen LogP contribution in [-0.2, 0) is 0 Å². The highest BCUT2D eigenvalue weighted by Gasteiger charge is 2.12. The molecule has 2 rings (SSSR count). The lowest BCUT2D eigenvalue weighted by Crippen LogP contribution is -2.14. The quantitative estimate of drug-likeness (QED) is 0.608. The van der Waals surface area contributed by atoms with E-state index in [1.165, 1.54) is 12.8 Å². The minimum atomic E-state index is -0.195. The van der Waals surface area contributed by atoms with E-state index in [1.807, 2.05) is 37.3 Å². The Balaban J connectivity index is 2.02. The molecular formula is C20H24ClNO2. The third-order valence-electron chi connectivity index (χ3n) is 3.82. The lowest BCUT2D eigenvalue weighted by Gasteiger charge is -2.12. The number of carbonyl (C=O) groups is 1. The molecule has 1 amide bonds. The maximum absolute atomic E-state index is 12.5. The molecule has 0 saturated heterocycles. The summed E-state index contributed by atoms with van der Waals surface area (Å²) >= 11 is 6.11. The zero-order valence-electron chi connectivity index (χ0n) is 14.3. The summed E-state index contributed by atoms with van der Waals surface area (Å²) in [4.78, 5) is 12.5. The van der Waals surface area contributed by atoms with Crippen LogP contribution in [0.5, 0.6) is 5.75 Å². The molecule has 0 saturated carbocycles. The summed E-state index contributed by atoms with van der Waals surface area (Å²) in [6, 6.07) is 12.8. The van der Waals surface area contributed by atoms with Crippen LogP contribution in [0, 0.1) is 6.92 Å². The van der Waals surface area contributed by atoms with Crippen LogP contribution in [0.25, 0.3) is 0 Å². The molecule has 0 spiro atoms. The summed E-state index contributed by atoms with van der Waals surface area (Å²) in [6.45, 7) is 4.73. The van der Waals surface area contributed by atoms with Crippen LogP contribution in [0.3, 0.4) is 0 Å². The minimum Gasteiger partial charge on any atom is -0.493 e. The fraction of sp³-hybridized carbons (Fsp3) is 0.350. The Bertz CT molecular complexity index is 685. The van der Waals surface area contributed by atoms with Crippen LogP contribution in [0.4, 0.5) is 5.69 Å². The SMILES string of the molecule is CCCCCCOc1ccccc1C(=O)Nc1ccc(C)c(Cl)c1. The van der Waals surface area contributed by atoms with E-state index < -0.39 is 0 Å². The Hall–Kier alpha value is -2.00. The second-order valence-electron chi connectivity index (χ2n) is 5.82. The number of amides is 1. The first-order valence-electron chi connectivity index (χ1n) is 8.41. The number of aryl methyl sites for hydroxylation is 1. The van der Waals surface area contributed by atoms with Crippen molar-refractivity contribution in [1.82, 2.24) is 0 Å². The highest BCUT2D eigenvalue weighted by Crippen LogP contribution is 2.23. The molecule has 0 bridgehead atoms. The first-order valence-corrected chi connectivity index (χ1v) is 8.79. The fourth-order valence-electron chi connectivity index (χ4n) is 2.36. The molecule has 0 radical (unpaired) electrons. The maximum Gasteiger partial charge on any atom is 0.259 e. The van der Waals surface area contributed by atoms with Gasteiger partial charge in [0.05, 0.1) is 12.2 Å². The number of unbranched alkanes of at least 4 members (excludes halogenated alkanes) is 3. The maximum atomic E-state index is 12.5. The van der Waals surface area contributed by atoms with Crippen LogP contribution in [0.2, 0.25) is 5.02 Å². The third kappa shape index (κ3) is 5.27. The van der Waals surface area contributed by atoms with Crippen LogP contribution in [0.15, 0.2) is 42.5 Å². The molecule has 4 heteroatoms. The average Bonchev–Trinajstić information content (AvgIpc) is 2.58. The van der Waals surface area contributed by atoms with Gasteiger partial charge in [-0.05, 0) is 43.2 Å². The number of hydrogen-bond donors (Lipinski definition) is 1.